The van der Waals surface area contributed by atoms with Crippen LogP contribution in [0.5, 0.6) is 0 Å². The van der Waals surface area contributed by atoms with E-state index in [0.29, 0.717) is 6.54 Å². The monoisotopic (exact) mass is 403 g/mol. The van der Waals surface area contributed by atoms with Gasteiger partial charge in [0.2, 0.25) is 21.8 Å². The lowest BCUT2D eigenvalue weighted by molar-refractivity contribution is -0.132. The number of benzene rings is 2. The van der Waals surface area contributed by atoms with E-state index in [1.54, 1.807) is 19.2 Å². The average Bonchev–Trinajstić information content (AvgIpc) is 2.66. The van der Waals surface area contributed by atoms with Gasteiger partial charge < -0.3 is 10.2 Å². The Bertz CT molecular complexity index is 940. The molecule has 28 heavy (non-hydrogen) atoms. The molecule has 0 radical (unpaired) electrons. The number of hydrogen-bond acceptors (Lipinski definition) is 4. The minimum absolute atomic E-state index is 0.0833. The van der Waals surface area contributed by atoms with Gasteiger partial charge in [-0.05, 0) is 37.1 Å². The van der Waals surface area contributed by atoms with E-state index in [1.165, 1.54) is 17.0 Å². The maximum absolute atomic E-state index is 12.2. The van der Waals surface area contributed by atoms with Crippen LogP contribution < -0.4 is 10.0 Å². The summed E-state index contributed by atoms with van der Waals surface area (Å²) in [5.41, 5.74) is 3.04. The first kappa shape index (κ1) is 21.6. The number of amides is 2. The van der Waals surface area contributed by atoms with Crippen LogP contribution in [-0.4, -0.2) is 45.3 Å². The van der Waals surface area contributed by atoms with Gasteiger partial charge in [0, 0.05) is 13.6 Å². The molecule has 2 aromatic rings. The number of sulfonamides is 1. The van der Waals surface area contributed by atoms with Crippen LogP contribution in [0.15, 0.2) is 53.4 Å². The van der Waals surface area contributed by atoms with Crippen LogP contribution in [0.1, 0.15) is 16.7 Å². The van der Waals surface area contributed by atoms with Crippen LogP contribution in [0.2, 0.25) is 0 Å². The molecule has 0 atom stereocenters. The molecule has 2 N–H and O–H groups in total. The fourth-order valence-electron chi connectivity index (χ4n) is 2.46. The highest BCUT2D eigenvalue weighted by Crippen LogP contribution is 2.10. The smallest absolute Gasteiger partial charge is 0.242 e. The molecule has 2 amide bonds. The zero-order valence-electron chi connectivity index (χ0n) is 16.2. The molecule has 7 nitrogen and oxygen atoms in total. The van der Waals surface area contributed by atoms with Gasteiger partial charge in [0.15, 0.2) is 0 Å². The fraction of sp³-hybridized carbons (Fsp3) is 0.300. The first-order chi connectivity index (χ1) is 13.2. The van der Waals surface area contributed by atoms with Crippen molar-refractivity contribution in [3.63, 3.8) is 0 Å². The van der Waals surface area contributed by atoms with E-state index in [0.717, 1.165) is 16.7 Å². The Morgan fingerprint density at radius 2 is 1.61 bits per heavy atom. The molecule has 0 aromatic heterocycles. The maximum Gasteiger partial charge on any atom is 0.242 e. The van der Waals surface area contributed by atoms with Gasteiger partial charge in [-0.1, -0.05) is 42.0 Å². The molecule has 0 heterocycles. The Hall–Kier alpha value is -2.71. The highest BCUT2D eigenvalue weighted by molar-refractivity contribution is 7.89. The summed E-state index contributed by atoms with van der Waals surface area (Å²) in [7, 11) is -2.12. The predicted molar refractivity (Wildman–Crippen MR) is 107 cm³/mol. The number of aryl methyl sites for hydroxylation is 2. The van der Waals surface area contributed by atoms with E-state index in [-0.39, 0.29) is 17.3 Å². The summed E-state index contributed by atoms with van der Waals surface area (Å²) in [5, 5.41) is 2.44. The van der Waals surface area contributed by atoms with Crippen molar-refractivity contribution in [2.45, 2.75) is 25.3 Å². The van der Waals surface area contributed by atoms with E-state index < -0.39 is 22.5 Å². The van der Waals surface area contributed by atoms with E-state index >= 15 is 0 Å². The zero-order valence-corrected chi connectivity index (χ0v) is 17.0. The number of carbonyl (C=O) groups is 2. The first-order valence-corrected chi connectivity index (χ1v) is 10.3. The van der Waals surface area contributed by atoms with Gasteiger partial charge in [0.1, 0.15) is 0 Å². The largest absolute Gasteiger partial charge is 0.346 e. The van der Waals surface area contributed by atoms with Crippen molar-refractivity contribution in [3.8, 4) is 0 Å². The summed E-state index contributed by atoms with van der Waals surface area (Å²) in [6, 6.07) is 14.0. The average molecular weight is 404 g/mol. The highest BCUT2D eigenvalue weighted by atomic mass is 32.2. The van der Waals surface area contributed by atoms with Crippen LogP contribution in [0.25, 0.3) is 0 Å². The lowest BCUT2D eigenvalue weighted by Gasteiger charge is -2.19. The second-order valence-corrected chi connectivity index (χ2v) is 8.36. The Morgan fingerprint density at radius 1 is 0.964 bits per heavy atom. The van der Waals surface area contributed by atoms with Gasteiger partial charge in [-0.3, -0.25) is 9.59 Å². The molecule has 0 bridgehead atoms. The SMILES string of the molecule is Cc1ccc(S(=O)(=O)NCC(=O)NCC(=O)N(C)Cc2ccccc2C)cc1. The van der Waals surface area contributed by atoms with Gasteiger partial charge in [-0.15, -0.1) is 0 Å². The third kappa shape index (κ3) is 6.17. The molecule has 0 saturated carbocycles. The highest BCUT2D eigenvalue weighted by Gasteiger charge is 2.16. The summed E-state index contributed by atoms with van der Waals surface area (Å²) in [5.74, 6) is -0.841. The second-order valence-electron chi connectivity index (χ2n) is 6.59. The molecule has 8 heteroatoms. The minimum Gasteiger partial charge on any atom is -0.346 e. The summed E-state index contributed by atoms with van der Waals surface area (Å²) >= 11 is 0. The zero-order chi connectivity index (χ0) is 20.7. The molecule has 0 spiro atoms. The molecule has 0 aliphatic carbocycles. The third-order valence-corrected chi connectivity index (χ3v) is 5.70. The lowest BCUT2D eigenvalue weighted by Crippen LogP contribution is -2.42. The van der Waals surface area contributed by atoms with Gasteiger partial charge >= 0.3 is 0 Å². The number of hydrogen-bond donors (Lipinski definition) is 2. The summed E-state index contributed by atoms with van der Waals surface area (Å²) < 4.78 is 26.6. The van der Waals surface area contributed by atoms with Crippen LogP contribution in [0.3, 0.4) is 0 Å². The Balaban J connectivity index is 1.80. The Kier molecular flexibility index (Phi) is 7.31. The van der Waals surface area contributed by atoms with Crippen molar-refractivity contribution >= 4 is 21.8 Å². The molecule has 2 rings (SSSR count). The molecule has 0 fully saturated rings. The fourth-order valence-corrected chi connectivity index (χ4v) is 3.45. The minimum atomic E-state index is -3.78. The van der Waals surface area contributed by atoms with Gasteiger partial charge in [-0.2, -0.15) is 0 Å². The van der Waals surface area contributed by atoms with E-state index in [9.17, 15) is 18.0 Å². The number of rotatable bonds is 8. The molecule has 0 aliphatic heterocycles. The van der Waals surface area contributed by atoms with Crippen molar-refractivity contribution < 1.29 is 18.0 Å². The van der Waals surface area contributed by atoms with Crippen LogP contribution >= 0.6 is 0 Å². The van der Waals surface area contributed by atoms with Crippen LogP contribution in [0.4, 0.5) is 0 Å². The molecular formula is C20H25N3O4S. The molecule has 0 aliphatic rings. The van der Waals surface area contributed by atoms with Crippen molar-refractivity contribution in [1.82, 2.24) is 14.9 Å². The molecular weight excluding hydrogens is 378 g/mol. The lowest BCUT2D eigenvalue weighted by atomic mass is 10.1. The third-order valence-electron chi connectivity index (χ3n) is 4.29. The molecule has 2 aromatic carbocycles. The van der Waals surface area contributed by atoms with Gasteiger partial charge in [-0.25, -0.2) is 13.1 Å². The number of nitrogens with one attached hydrogen (secondary N) is 2. The van der Waals surface area contributed by atoms with Crippen molar-refractivity contribution in [2.24, 2.45) is 0 Å². The summed E-state index contributed by atoms with van der Waals surface area (Å²) in [4.78, 5) is 25.7. The quantitative estimate of drug-likeness (QED) is 0.696. The second kappa shape index (κ2) is 9.48. The van der Waals surface area contributed by atoms with Gasteiger partial charge in [0.25, 0.3) is 0 Å². The normalized spacial score (nSPS) is 11.1. The molecule has 0 unspecified atom stereocenters. The van der Waals surface area contributed by atoms with Gasteiger partial charge in [0.05, 0.1) is 18.0 Å². The number of nitrogens with zero attached hydrogens (tertiary/aromatic N) is 1. The van der Waals surface area contributed by atoms with Crippen molar-refractivity contribution in [1.29, 1.82) is 0 Å². The number of likely N-dealkylation sites (N-methyl/N-ethyl adjacent to an activating group) is 1. The Morgan fingerprint density at radius 3 is 2.25 bits per heavy atom. The Labute approximate surface area is 165 Å². The van der Waals surface area contributed by atoms with E-state index in [1.807, 2.05) is 38.1 Å². The maximum atomic E-state index is 12.2. The van der Waals surface area contributed by atoms with Crippen LogP contribution in [-0.2, 0) is 26.2 Å². The number of carbonyl (C=O) groups excluding carboxylic acids is 2. The molecule has 0 saturated heterocycles. The summed E-state index contributed by atoms with van der Waals surface area (Å²) in [6.07, 6.45) is 0. The van der Waals surface area contributed by atoms with Crippen LogP contribution in [0, 0.1) is 13.8 Å². The van der Waals surface area contributed by atoms with E-state index in [2.05, 4.69) is 10.0 Å². The standard InChI is InChI=1S/C20H25N3O4S/c1-15-8-10-18(11-9-15)28(26,27)22-12-19(24)21-13-20(25)23(3)14-17-7-5-4-6-16(17)2/h4-11,22H,12-14H2,1-3H3,(H,21,24). The summed E-state index contributed by atoms with van der Waals surface area (Å²) in [6.45, 7) is 3.61. The first-order valence-electron chi connectivity index (χ1n) is 8.80. The molecule has 150 valence electrons. The van der Waals surface area contributed by atoms with E-state index in [4.69, 9.17) is 0 Å². The van der Waals surface area contributed by atoms with Crippen molar-refractivity contribution in [2.75, 3.05) is 20.1 Å². The van der Waals surface area contributed by atoms with Crippen molar-refractivity contribution in [3.05, 3.63) is 65.2 Å². The predicted octanol–water partition coefficient (Wildman–Crippen LogP) is 1.36. The topological polar surface area (TPSA) is 95.6 Å².